The van der Waals surface area contributed by atoms with E-state index in [1.807, 2.05) is 17.7 Å². The lowest BCUT2D eigenvalue weighted by Gasteiger charge is -2.19. The van der Waals surface area contributed by atoms with E-state index in [0.717, 1.165) is 31.5 Å². The number of nitrogens with one attached hydrogen (secondary N) is 2. The highest BCUT2D eigenvalue weighted by molar-refractivity contribution is 5.88. The first-order valence-corrected chi connectivity index (χ1v) is 9.29. The van der Waals surface area contributed by atoms with E-state index in [1.165, 1.54) is 0 Å². The fraction of sp³-hybridized carbons (Fsp3) is 0.474. The van der Waals surface area contributed by atoms with Gasteiger partial charge in [0.05, 0.1) is 6.20 Å². The summed E-state index contributed by atoms with van der Waals surface area (Å²) in [6.07, 6.45) is 9.39. The van der Waals surface area contributed by atoms with Crippen molar-refractivity contribution in [2.75, 3.05) is 11.9 Å². The molecule has 144 valence electrons. The largest absolute Gasteiger partial charge is 0.348 e. The van der Waals surface area contributed by atoms with Crippen molar-refractivity contribution in [3.63, 3.8) is 0 Å². The van der Waals surface area contributed by atoms with E-state index in [0.29, 0.717) is 30.5 Å². The molecule has 3 rings (SSSR count). The second kappa shape index (κ2) is 8.66. The van der Waals surface area contributed by atoms with Crippen LogP contribution in [0, 0.1) is 19.8 Å². The van der Waals surface area contributed by atoms with Gasteiger partial charge in [-0.1, -0.05) is 12.2 Å². The molecule has 2 aromatic heterocycles. The number of carbonyl (C=O) groups excluding carboxylic acids is 1. The molecule has 2 amide bonds. The molecule has 0 aromatic carbocycles. The van der Waals surface area contributed by atoms with Crippen LogP contribution >= 0.6 is 0 Å². The quantitative estimate of drug-likeness (QED) is 0.763. The van der Waals surface area contributed by atoms with Gasteiger partial charge in [-0.25, -0.2) is 14.3 Å². The molecule has 1 aliphatic rings. The molecule has 1 aliphatic carbocycles. The van der Waals surface area contributed by atoms with Gasteiger partial charge in [0.1, 0.15) is 5.82 Å². The summed E-state index contributed by atoms with van der Waals surface area (Å²) in [6, 6.07) is 3.32. The average Bonchev–Trinajstić information content (AvgIpc) is 3.04. The molecular weight excluding hydrogens is 344 g/mol. The fourth-order valence-electron chi connectivity index (χ4n) is 3.34. The zero-order valence-corrected chi connectivity index (χ0v) is 15.8. The van der Waals surface area contributed by atoms with E-state index in [4.69, 9.17) is 0 Å². The Morgan fingerprint density at radius 3 is 2.93 bits per heavy atom. The van der Waals surface area contributed by atoms with Crippen LogP contribution in [0.3, 0.4) is 0 Å². The highest BCUT2D eigenvalue weighted by Crippen LogP contribution is 2.21. The van der Waals surface area contributed by atoms with Gasteiger partial charge in [0.25, 0.3) is 0 Å². The fourth-order valence-corrected chi connectivity index (χ4v) is 3.34. The van der Waals surface area contributed by atoms with Crippen molar-refractivity contribution in [2.45, 2.75) is 46.2 Å². The molecule has 8 heteroatoms. The Morgan fingerprint density at radius 1 is 1.33 bits per heavy atom. The summed E-state index contributed by atoms with van der Waals surface area (Å²) >= 11 is 0. The van der Waals surface area contributed by atoms with E-state index in [2.05, 4.69) is 32.9 Å². The third kappa shape index (κ3) is 5.06. The maximum atomic E-state index is 12.2. The number of hydrogen-bond donors (Lipinski definition) is 2. The Bertz CT molecular complexity index is 883. The molecule has 2 heterocycles. The molecule has 0 radical (unpaired) electrons. The van der Waals surface area contributed by atoms with Gasteiger partial charge < -0.3 is 5.32 Å². The normalized spacial score (nSPS) is 16.3. The number of allylic oxidation sites excluding steroid dienone is 2. The Balaban J connectivity index is 1.51. The van der Waals surface area contributed by atoms with Crippen molar-refractivity contribution >= 4 is 11.8 Å². The number of carbonyl (C=O) groups is 1. The lowest BCUT2D eigenvalue weighted by molar-refractivity contribution is 0.251. The van der Waals surface area contributed by atoms with E-state index in [9.17, 15) is 9.59 Å². The molecule has 0 unspecified atom stereocenters. The number of rotatable bonds is 6. The first-order chi connectivity index (χ1) is 13.0. The maximum Gasteiger partial charge on any atom is 0.348 e. The Kier molecular flexibility index (Phi) is 6.05. The predicted molar refractivity (Wildman–Crippen MR) is 104 cm³/mol. The molecule has 27 heavy (non-hydrogen) atoms. The van der Waals surface area contributed by atoms with Crippen LogP contribution in [-0.2, 0) is 13.1 Å². The second-order valence-corrected chi connectivity index (χ2v) is 6.90. The smallest absolute Gasteiger partial charge is 0.336 e. The SMILES string of the molecule is Cc1cc(C)n(CCNC(=O)Nc2ccnn2C[C@@H]2CC=CCC2)c(=O)n1. The standard InChI is InChI=1S/C19H26N6O2/c1-14-12-15(2)24(19(27)22-14)11-10-20-18(26)23-17-8-9-21-25(17)13-16-6-4-3-5-7-16/h3-4,8-9,12,16H,5-7,10-11,13H2,1-2H3,(H2,20,23,26)/t16-/m1/s1. The molecule has 0 aliphatic heterocycles. The van der Waals surface area contributed by atoms with E-state index in [-0.39, 0.29) is 11.7 Å². The molecule has 0 bridgehead atoms. The second-order valence-electron chi connectivity index (χ2n) is 6.90. The van der Waals surface area contributed by atoms with Crippen LogP contribution in [0.25, 0.3) is 0 Å². The number of urea groups is 1. The predicted octanol–water partition coefficient (Wildman–Crippen LogP) is 2.23. The summed E-state index contributed by atoms with van der Waals surface area (Å²) in [5, 5.41) is 9.93. The third-order valence-corrected chi connectivity index (χ3v) is 4.73. The molecule has 0 saturated carbocycles. The third-order valence-electron chi connectivity index (χ3n) is 4.73. The molecule has 0 saturated heterocycles. The molecule has 2 N–H and O–H groups in total. The topological polar surface area (TPSA) is 93.8 Å². The maximum absolute atomic E-state index is 12.2. The van der Waals surface area contributed by atoms with Crippen molar-refractivity contribution in [3.05, 3.63) is 52.4 Å². The van der Waals surface area contributed by atoms with Crippen LogP contribution in [0.5, 0.6) is 0 Å². The van der Waals surface area contributed by atoms with Crippen molar-refractivity contribution < 1.29 is 4.79 Å². The lowest BCUT2D eigenvalue weighted by Crippen LogP contribution is -2.35. The van der Waals surface area contributed by atoms with Gasteiger partial charge in [0, 0.05) is 37.1 Å². The van der Waals surface area contributed by atoms with E-state index < -0.39 is 0 Å². The molecule has 8 nitrogen and oxygen atoms in total. The Morgan fingerprint density at radius 2 is 2.19 bits per heavy atom. The Hall–Kier alpha value is -2.90. The van der Waals surface area contributed by atoms with E-state index >= 15 is 0 Å². The molecule has 0 fully saturated rings. The molecule has 2 aromatic rings. The van der Waals surface area contributed by atoms with Gasteiger partial charge in [-0.15, -0.1) is 0 Å². The van der Waals surface area contributed by atoms with Crippen LogP contribution in [0.2, 0.25) is 0 Å². The first-order valence-electron chi connectivity index (χ1n) is 9.29. The average molecular weight is 370 g/mol. The number of amides is 2. The van der Waals surface area contributed by atoms with Crippen LogP contribution in [0.1, 0.15) is 30.7 Å². The van der Waals surface area contributed by atoms with Gasteiger partial charge in [-0.05, 0) is 45.1 Å². The van der Waals surface area contributed by atoms with Gasteiger partial charge in [0.15, 0.2) is 0 Å². The van der Waals surface area contributed by atoms with Crippen molar-refractivity contribution in [1.29, 1.82) is 0 Å². The summed E-state index contributed by atoms with van der Waals surface area (Å²) in [7, 11) is 0. The van der Waals surface area contributed by atoms with Gasteiger partial charge in [-0.3, -0.25) is 9.88 Å². The molecule has 1 atom stereocenters. The number of anilines is 1. The Labute approximate surface area is 158 Å². The van der Waals surface area contributed by atoms with Crippen molar-refractivity contribution in [3.8, 4) is 0 Å². The summed E-state index contributed by atoms with van der Waals surface area (Å²) in [6.45, 7) is 5.14. The first kappa shape index (κ1) is 18.9. The van der Waals surface area contributed by atoms with Crippen LogP contribution in [-0.4, -0.2) is 31.9 Å². The molecule has 0 spiro atoms. The van der Waals surface area contributed by atoms with Gasteiger partial charge in [0.2, 0.25) is 0 Å². The minimum absolute atomic E-state index is 0.297. The summed E-state index contributed by atoms with van der Waals surface area (Å²) in [4.78, 5) is 28.0. The zero-order chi connectivity index (χ0) is 19.2. The van der Waals surface area contributed by atoms with Crippen molar-refractivity contribution in [1.82, 2.24) is 24.6 Å². The number of aromatic nitrogens is 4. The summed E-state index contributed by atoms with van der Waals surface area (Å²) < 4.78 is 3.38. The van der Waals surface area contributed by atoms with Gasteiger partial charge in [-0.2, -0.15) is 10.1 Å². The van der Waals surface area contributed by atoms with Crippen LogP contribution in [0.15, 0.2) is 35.3 Å². The number of nitrogens with zero attached hydrogens (tertiary/aromatic N) is 4. The summed E-state index contributed by atoms with van der Waals surface area (Å²) in [5.74, 6) is 1.22. The zero-order valence-electron chi connectivity index (χ0n) is 15.8. The monoisotopic (exact) mass is 370 g/mol. The van der Waals surface area contributed by atoms with Crippen LogP contribution < -0.4 is 16.3 Å². The minimum Gasteiger partial charge on any atom is -0.336 e. The van der Waals surface area contributed by atoms with Crippen LogP contribution in [0.4, 0.5) is 10.6 Å². The number of hydrogen-bond acceptors (Lipinski definition) is 4. The van der Waals surface area contributed by atoms with E-state index in [1.54, 1.807) is 23.8 Å². The van der Waals surface area contributed by atoms with Gasteiger partial charge >= 0.3 is 11.7 Å². The highest BCUT2D eigenvalue weighted by atomic mass is 16.2. The highest BCUT2D eigenvalue weighted by Gasteiger charge is 2.14. The summed E-state index contributed by atoms with van der Waals surface area (Å²) in [5.41, 5.74) is 1.23. The molecular formula is C19H26N6O2. The van der Waals surface area contributed by atoms with Crippen molar-refractivity contribution in [2.24, 2.45) is 5.92 Å². The number of aryl methyl sites for hydroxylation is 2. The minimum atomic E-state index is -0.314. The lowest BCUT2D eigenvalue weighted by atomic mass is 9.94.